The second-order valence-corrected chi connectivity index (χ2v) is 4.66. The van der Waals surface area contributed by atoms with Crippen LogP contribution in [0, 0.1) is 0 Å². The van der Waals surface area contributed by atoms with Crippen LogP contribution in [0.2, 0.25) is 0 Å². The van der Waals surface area contributed by atoms with Gasteiger partial charge in [0.1, 0.15) is 11.4 Å². The van der Waals surface area contributed by atoms with Gasteiger partial charge in [-0.15, -0.1) is 0 Å². The molecule has 0 radical (unpaired) electrons. The third-order valence-corrected chi connectivity index (χ3v) is 3.54. The van der Waals surface area contributed by atoms with Crippen LogP contribution in [0.3, 0.4) is 0 Å². The molecule has 1 aromatic carbocycles. The fourth-order valence-electron chi connectivity index (χ4n) is 2.63. The highest BCUT2D eigenvalue weighted by Gasteiger charge is 2.41. The summed E-state index contributed by atoms with van der Waals surface area (Å²) >= 11 is 0. The smallest absolute Gasteiger partial charge is 0.236 e. The van der Waals surface area contributed by atoms with E-state index < -0.39 is 17.3 Å². The van der Waals surface area contributed by atoms with Gasteiger partial charge in [-0.1, -0.05) is 12.1 Å². The molecule has 0 saturated heterocycles. The molecule has 1 fully saturated rings. The normalized spacial score (nSPS) is 18.7. The van der Waals surface area contributed by atoms with E-state index in [2.05, 4.69) is 0 Å². The molecule has 0 atom stereocenters. The van der Waals surface area contributed by atoms with Gasteiger partial charge in [0.15, 0.2) is 5.78 Å². The maximum absolute atomic E-state index is 11.9. The summed E-state index contributed by atoms with van der Waals surface area (Å²) in [4.78, 5) is 38.7. The molecule has 5 nitrogen and oxygen atoms in total. The molecular formula is C14H12N2O3. The first-order valence-electron chi connectivity index (χ1n) is 5.94. The summed E-state index contributed by atoms with van der Waals surface area (Å²) in [5.41, 5.74) is 1.83. The van der Waals surface area contributed by atoms with Crippen molar-refractivity contribution >= 4 is 28.7 Å². The van der Waals surface area contributed by atoms with Crippen LogP contribution >= 0.6 is 0 Å². The number of hydrogen-bond acceptors (Lipinski definition) is 5. The highest BCUT2D eigenvalue weighted by Crippen LogP contribution is 2.41. The molecule has 96 valence electrons. The van der Waals surface area contributed by atoms with E-state index in [-0.39, 0.29) is 12.0 Å². The van der Waals surface area contributed by atoms with E-state index in [0.29, 0.717) is 5.82 Å². The lowest BCUT2D eigenvalue weighted by molar-refractivity contribution is -0.132. The van der Waals surface area contributed by atoms with Crippen molar-refractivity contribution in [1.82, 2.24) is 0 Å². The number of rotatable bonds is 0. The zero-order chi connectivity index (χ0) is 13.7. The van der Waals surface area contributed by atoms with Crippen LogP contribution in [0.25, 0.3) is 0 Å². The molecule has 19 heavy (non-hydrogen) atoms. The Morgan fingerprint density at radius 1 is 0.895 bits per heavy atom. The van der Waals surface area contributed by atoms with Crippen molar-refractivity contribution in [2.45, 2.75) is 6.42 Å². The van der Waals surface area contributed by atoms with E-state index in [1.165, 1.54) is 0 Å². The van der Waals surface area contributed by atoms with Crippen molar-refractivity contribution in [2.75, 3.05) is 23.9 Å². The minimum Gasteiger partial charge on any atom is -0.328 e. The van der Waals surface area contributed by atoms with Crippen LogP contribution < -0.4 is 9.80 Å². The number of fused-ring (bicyclic) bond motifs is 1. The maximum Gasteiger partial charge on any atom is 0.236 e. The quantitative estimate of drug-likeness (QED) is 0.299. The van der Waals surface area contributed by atoms with Gasteiger partial charge in [0.2, 0.25) is 11.6 Å². The van der Waals surface area contributed by atoms with Gasteiger partial charge in [-0.05, 0) is 12.1 Å². The Morgan fingerprint density at radius 2 is 1.42 bits per heavy atom. The van der Waals surface area contributed by atoms with E-state index >= 15 is 0 Å². The fourth-order valence-corrected chi connectivity index (χ4v) is 2.63. The number of Topliss-reactive ketones (excluding diaryl/α,β-unsaturated/α-hetero) is 3. The first kappa shape index (κ1) is 11.6. The van der Waals surface area contributed by atoms with E-state index in [9.17, 15) is 14.4 Å². The lowest BCUT2D eigenvalue weighted by atomic mass is 10.2. The largest absolute Gasteiger partial charge is 0.328 e. The summed E-state index contributed by atoms with van der Waals surface area (Å²) in [7, 11) is 3.57. The average Bonchev–Trinajstić information content (AvgIpc) is 2.78. The van der Waals surface area contributed by atoms with Gasteiger partial charge in [-0.3, -0.25) is 14.4 Å². The summed E-state index contributed by atoms with van der Waals surface area (Å²) in [6.45, 7) is 0. The molecule has 1 heterocycles. The molecule has 1 aromatic rings. The van der Waals surface area contributed by atoms with Gasteiger partial charge in [-0.25, -0.2) is 0 Å². The summed E-state index contributed by atoms with van der Waals surface area (Å²) in [6, 6.07) is 7.59. The molecule has 1 aliphatic carbocycles. The van der Waals surface area contributed by atoms with Crippen LogP contribution in [-0.4, -0.2) is 31.4 Å². The Morgan fingerprint density at radius 3 is 1.84 bits per heavy atom. The van der Waals surface area contributed by atoms with Crippen LogP contribution in [0.1, 0.15) is 6.42 Å². The summed E-state index contributed by atoms with van der Waals surface area (Å²) < 4.78 is 0. The Balaban J connectivity index is 2.22. The Hall–Kier alpha value is -2.43. The number of carbonyl (C=O) groups is 3. The van der Waals surface area contributed by atoms with E-state index in [0.717, 1.165) is 11.4 Å². The first-order valence-corrected chi connectivity index (χ1v) is 5.94. The number of benzene rings is 1. The van der Waals surface area contributed by atoms with E-state index in [1.54, 1.807) is 23.9 Å². The predicted molar refractivity (Wildman–Crippen MR) is 69.9 cm³/mol. The van der Waals surface area contributed by atoms with E-state index in [4.69, 9.17) is 0 Å². The molecule has 5 heteroatoms. The van der Waals surface area contributed by atoms with Crippen molar-refractivity contribution in [2.24, 2.45) is 0 Å². The molecule has 0 amide bonds. The number of carbonyl (C=O) groups excluding carboxylic acids is 3. The van der Waals surface area contributed by atoms with E-state index in [1.807, 2.05) is 24.3 Å². The average molecular weight is 256 g/mol. The van der Waals surface area contributed by atoms with Crippen LogP contribution in [0.5, 0.6) is 0 Å². The maximum atomic E-state index is 11.9. The predicted octanol–water partition coefficient (Wildman–Crippen LogP) is 0.895. The van der Waals surface area contributed by atoms with Crippen molar-refractivity contribution in [1.29, 1.82) is 0 Å². The Kier molecular flexibility index (Phi) is 2.32. The van der Waals surface area contributed by atoms with Gasteiger partial charge < -0.3 is 9.80 Å². The van der Waals surface area contributed by atoms with Gasteiger partial charge >= 0.3 is 0 Å². The zero-order valence-electron chi connectivity index (χ0n) is 10.6. The standard InChI is InChI=1S/C14H12N2O3/c1-15-8-5-3-4-6-9(8)16(2)14(15)12-10(17)7-11(18)13(12)19/h3-6H,7H2,1-2H3. The Labute approximate surface area is 110 Å². The minimum absolute atomic E-state index is 0.00574. The molecule has 0 spiro atoms. The van der Waals surface area contributed by atoms with Crippen LogP contribution in [-0.2, 0) is 14.4 Å². The minimum atomic E-state index is -0.675. The molecule has 3 rings (SSSR count). The number of nitrogens with zero attached hydrogens (tertiary/aromatic N) is 2. The SMILES string of the molecule is CN1C(=C2C(=O)CC(=O)C2=O)N(C)c2ccccc21. The third kappa shape index (κ3) is 1.44. The number of anilines is 2. The molecule has 0 bridgehead atoms. The third-order valence-electron chi connectivity index (χ3n) is 3.54. The van der Waals surface area contributed by atoms with Crippen LogP contribution in [0.4, 0.5) is 11.4 Å². The lowest BCUT2D eigenvalue weighted by Crippen LogP contribution is -2.27. The second-order valence-electron chi connectivity index (χ2n) is 4.66. The van der Waals surface area contributed by atoms with Crippen molar-refractivity contribution in [3.8, 4) is 0 Å². The van der Waals surface area contributed by atoms with Crippen molar-refractivity contribution in [3.63, 3.8) is 0 Å². The molecular weight excluding hydrogens is 244 g/mol. The number of allylic oxidation sites excluding steroid dienone is 1. The highest BCUT2D eigenvalue weighted by molar-refractivity contribution is 6.58. The molecule has 1 saturated carbocycles. The fraction of sp³-hybridized carbons (Fsp3) is 0.214. The molecule has 0 aromatic heterocycles. The molecule has 0 N–H and O–H groups in total. The van der Waals surface area contributed by atoms with Crippen LogP contribution in [0.15, 0.2) is 35.7 Å². The number of para-hydroxylation sites is 2. The highest BCUT2D eigenvalue weighted by atomic mass is 16.2. The second kappa shape index (κ2) is 3.78. The molecule has 1 aliphatic heterocycles. The van der Waals surface area contributed by atoms with Gasteiger partial charge in [0.05, 0.1) is 17.8 Å². The monoisotopic (exact) mass is 256 g/mol. The summed E-state index contributed by atoms with van der Waals surface area (Å²) in [5.74, 6) is -1.20. The molecule has 2 aliphatic rings. The Bertz CT molecular complexity index is 629. The first-order chi connectivity index (χ1) is 9.02. The van der Waals surface area contributed by atoms with Crippen molar-refractivity contribution in [3.05, 3.63) is 35.7 Å². The molecule has 0 unspecified atom stereocenters. The van der Waals surface area contributed by atoms with Gasteiger partial charge in [-0.2, -0.15) is 0 Å². The summed E-state index contributed by atoms with van der Waals surface area (Å²) in [6.07, 6.45) is -0.310. The number of hydrogen-bond donors (Lipinski definition) is 0. The van der Waals surface area contributed by atoms with Crippen molar-refractivity contribution < 1.29 is 14.4 Å². The number of ketones is 3. The summed E-state index contributed by atoms with van der Waals surface area (Å²) in [5, 5.41) is 0. The van der Waals surface area contributed by atoms with Gasteiger partial charge in [0.25, 0.3) is 0 Å². The topological polar surface area (TPSA) is 57.7 Å². The van der Waals surface area contributed by atoms with Gasteiger partial charge in [0, 0.05) is 14.1 Å². The lowest BCUT2D eigenvalue weighted by Gasteiger charge is -2.19. The zero-order valence-corrected chi connectivity index (χ0v) is 10.6.